The summed E-state index contributed by atoms with van der Waals surface area (Å²) in [4.78, 5) is 4.41. The van der Waals surface area contributed by atoms with E-state index in [1.807, 2.05) is 6.07 Å². The summed E-state index contributed by atoms with van der Waals surface area (Å²) in [6.45, 7) is 1.76. The van der Waals surface area contributed by atoms with Gasteiger partial charge in [0.25, 0.3) is 0 Å². The zero-order chi connectivity index (χ0) is 15.7. The summed E-state index contributed by atoms with van der Waals surface area (Å²) < 4.78 is 41.7. The average molecular weight is 348 g/mol. The van der Waals surface area contributed by atoms with E-state index in [1.54, 1.807) is 6.07 Å². The highest BCUT2D eigenvalue weighted by Gasteiger charge is 2.32. The van der Waals surface area contributed by atoms with E-state index in [1.165, 1.54) is 12.1 Å². The van der Waals surface area contributed by atoms with Gasteiger partial charge in [0.05, 0.1) is 0 Å². The summed E-state index contributed by atoms with van der Waals surface area (Å²) in [6, 6.07) is 6.17. The van der Waals surface area contributed by atoms with Gasteiger partial charge in [0.15, 0.2) is 5.75 Å². The summed E-state index contributed by atoms with van der Waals surface area (Å²) in [5.41, 5.74) is 7.16. The Morgan fingerprint density at radius 3 is 2.48 bits per heavy atom. The van der Waals surface area contributed by atoms with Crippen LogP contribution in [-0.2, 0) is 0 Å². The number of fused-ring (bicyclic) bond motifs is 1. The minimum absolute atomic E-state index is 0. The molecule has 0 unspecified atom stereocenters. The van der Waals surface area contributed by atoms with E-state index in [2.05, 4.69) is 15.0 Å². The SMILES string of the molecule is Cl.Nc1ccc(OC(F)(F)F)c2nc(C3CCNCC3)ccc12. The van der Waals surface area contributed by atoms with Crippen LogP contribution in [0.25, 0.3) is 10.9 Å². The third-order valence-electron chi connectivity index (χ3n) is 3.86. The highest BCUT2D eigenvalue weighted by Crippen LogP contribution is 2.34. The summed E-state index contributed by atoms with van der Waals surface area (Å²) >= 11 is 0. The molecule has 1 fully saturated rings. The Hall–Kier alpha value is -1.73. The summed E-state index contributed by atoms with van der Waals surface area (Å²) in [5.74, 6) is -0.0710. The fraction of sp³-hybridized carbons (Fsp3) is 0.400. The maximum atomic E-state index is 12.5. The van der Waals surface area contributed by atoms with E-state index < -0.39 is 6.36 Å². The van der Waals surface area contributed by atoms with Gasteiger partial charge in [-0.1, -0.05) is 0 Å². The molecule has 0 aliphatic carbocycles. The van der Waals surface area contributed by atoms with Crippen molar-refractivity contribution in [2.24, 2.45) is 0 Å². The topological polar surface area (TPSA) is 60.2 Å². The fourth-order valence-corrected chi connectivity index (χ4v) is 2.78. The number of benzene rings is 1. The fourth-order valence-electron chi connectivity index (χ4n) is 2.78. The Morgan fingerprint density at radius 1 is 1.13 bits per heavy atom. The molecule has 0 amide bonds. The number of nitrogen functional groups attached to an aromatic ring is 1. The van der Waals surface area contributed by atoms with E-state index >= 15 is 0 Å². The van der Waals surface area contributed by atoms with Gasteiger partial charge in [-0.3, -0.25) is 0 Å². The maximum Gasteiger partial charge on any atom is 0.573 e. The number of aromatic nitrogens is 1. The van der Waals surface area contributed by atoms with Crippen molar-refractivity contribution in [2.45, 2.75) is 25.1 Å². The van der Waals surface area contributed by atoms with Crippen molar-refractivity contribution in [3.8, 4) is 5.75 Å². The highest BCUT2D eigenvalue weighted by atomic mass is 35.5. The predicted octanol–water partition coefficient (Wildman–Crippen LogP) is 3.60. The maximum absolute atomic E-state index is 12.5. The van der Waals surface area contributed by atoms with E-state index in [0.29, 0.717) is 11.1 Å². The second-order valence-corrected chi connectivity index (χ2v) is 5.36. The molecule has 1 aromatic carbocycles. The molecule has 3 rings (SSSR count). The third-order valence-corrected chi connectivity index (χ3v) is 3.86. The van der Waals surface area contributed by atoms with Crippen molar-refractivity contribution < 1.29 is 17.9 Å². The van der Waals surface area contributed by atoms with Gasteiger partial charge < -0.3 is 15.8 Å². The minimum Gasteiger partial charge on any atom is -0.403 e. The zero-order valence-corrected chi connectivity index (χ0v) is 13.0. The Balaban J connectivity index is 0.00000192. The van der Waals surface area contributed by atoms with Crippen LogP contribution in [-0.4, -0.2) is 24.4 Å². The lowest BCUT2D eigenvalue weighted by Crippen LogP contribution is -2.27. The molecule has 126 valence electrons. The largest absolute Gasteiger partial charge is 0.573 e. The van der Waals surface area contributed by atoms with Gasteiger partial charge in [0.1, 0.15) is 5.52 Å². The molecule has 0 atom stereocenters. The Morgan fingerprint density at radius 2 is 1.83 bits per heavy atom. The third kappa shape index (κ3) is 3.97. The molecule has 3 N–H and O–H groups in total. The lowest BCUT2D eigenvalue weighted by atomic mass is 9.93. The molecule has 8 heteroatoms. The number of nitrogens with zero attached hydrogens (tertiary/aromatic N) is 1. The molecular weight excluding hydrogens is 331 g/mol. The second-order valence-electron chi connectivity index (χ2n) is 5.36. The molecule has 4 nitrogen and oxygen atoms in total. The number of nitrogens with two attached hydrogens (primary N) is 1. The van der Waals surface area contributed by atoms with Gasteiger partial charge in [0.2, 0.25) is 0 Å². The summed E-state index contributed by atoms with van der Waals surface area (Å²) in [5, 5.41) is 3.72. The van der Waals surface area contributed by atoms with Gasteiger partial charge in [-0.05, 0) is 50.2 Å². The van der Waals surface area contributed by atoms with Crippen molar-refractivity contribution in [3.05, 3.63) is 30.0 Å². The second kappa shape index (κ2) is 6.80. The van der Waals surface area contributed by atoms with Crippen LogP contribution in [0.1, 0.15) is 24.5 Å². The zero-order valence-electron chi connectivity index (χ0n) is 12.2. The van der Waals surface area contributed by atoms with Gasteiger partial charge in [-0.25, -0.2) is 4.98 Å². The van der Waals surface area contributed by atoms with Crippen molar-refractivity contribution in [3.63, 3.8) is 0 Å². The predicted molar refractivity (Wildman–Crippen MR) is 84.9 cm³/mol. The molecule has 0 spiro atoms. The number of anilines is 1. The number of pyridine rings is 1. The van der Waals surface area contributed by atoms with Crippen molar-refractivity contribution in [1.82, 2.24) is 10.3 Å². The average Bonchev–Trinajstić information content (AvgIpc) is 2.50. The first-order valence-corrected chi connectivity index (χ1v) is 7.09. The smallest absolute Gasteiger partial charge is 0.403 e. The lowest BCUT2D eigenvalue weighted by Gasteiger charge is -2.22. The molecular formula is C15H17ClF3N3O. The Kier molecular flexibility index (Phi) is 5.21. The molecule has 0 bridgehead atoms. The number of hydrogen-bond acceptors (Lipinski definition) is 4. The van der Waals surface area contributed by atoms with Crippen LogP contribution in [0.3, 0.4) is 0 Å². The number of halogens is 4. The molecule has 0 saturated carbocycles. The van der Waals surface area contributed by atoms with Crippen LogP contribution < -0.4 is 15.8 Å². The Labute approximate surface area is 137 Å². The van der Waals surface area contributed by atoms with E-state index in [0.717, 1.165) is 31.6 Å². The van der Waals surface area contributed by atoms with Crippen LogP contribution >= 0.6 is 12.4 Å². The Bertz CT molecular complexity index is 687. The number of ether oxygens (including phenoxy) is 1. The normalized spacial score (nSPS) is 16.1. The standard InChI is InChI=1S/C15H16F3N3O.ClH/c16-15(17,18)22-13-4-2-11(19)10-1-3-12(21-14(10)13)9-5-7-20-8-6-9;/h1-4,9,20H,5-8,19H2;1H. The van der Waals surface area contributed by atoms with Crippen LogP contribution in [0.5, 0.6) is 5.75 Å². The van der Waals surface area contributed by atoms with E-state index in [9.17, 15) is 13.2 Å². The van der Waals surface area contributed by atoms with Gasteiger partial charge in [0, 0.05) is 22.7 Å². The van der Waals surface area contributed by atoms with E-state index in [4.69, 9.17) is 5.73 Å². The quantitative estimate of drug-likeness (QED) is 0.815. The van der Waals surface area contributed by atoms with Crippen molar-refractivity contribution in [2.75, 3.05) is 18.8 Å². The molecule has 1 aliphatic rings. The highest BCUT2D eigenvalue weighted by molar-refractivity contribution is 5.94. The molecule has 23 heavy (non-hydrogen) atoms. The summed E-state index contributed by atoms with van der Waals surface area (Å²) in [7, 11) is 0. The first-order valence-electron chi connectivity index (χ1n) is 7.09. The number of alkyl halides is 3. The van der Waals surface area contributed by atoms with Gasteiger partial charge in [-0.2, -0.15) is 0 Å². The van der Waals surface area contributed by atoms with Gasteiger partial charge >= 0.3 is 6.36 Å². The van der Waals surface area contributed by atoms with Crippen molar-refractivity contribution in [1.29, 1.82) is 0 Å². The lowest BCUT2D eigenvalue weighted by molar-refractivity contribution is -0.274. The number of hydrogen-bond donors (Lipinski definition) is 2. The molecule has 1 aliphatic heterocycles. The van der Waals surface area contributed by atoms with Crippen LogP contribution in [0, 0.1) is 0 Å². The number of nitrogens with one attached hydrogen (secondary N) is 1. The van der Waals surface area contributed by atoms with Crippen LogP contribution in [0.2, 0.25) is 0 Å². The first-order chi connectivity index (χ1) is 10.4. The minimum atomic E-state index is -4.75. The van der Waals surface area contributed by atoms with Crippen LogP contribution in [0.4, 0.5) is 18.9 Å². The van der Waals surface area contributed by atoms with Crippen molar-refractivity contribution >= 4 is 29.0 Å². The molecule has 1 aromatic heterocycles. The van der Waals surface area contributed by atoms with Crippen LogP contribution in [0.15, 0.2) is 24.3 Å². The van der Waals surface area contributed by atoms with Gasteiger partial charge in [-0.15, -0.1) is 25.6 Å². The number of piperidine rings is 1. The number of rotatable bonds is 2. The summed E-state index contributed by atoms with van der Waals surface area (Å²) in [6.07, 6.45) is -2.93. The first kappa shape index (κ1) is 17.6. The molecule has 2 aromatic rings. The molecule has 0 radical (unpaired) electrons. The monoisotopic (exact) mass is 347 g/mol. The molecule has 1 saturated heterocycles. The molecule has 2 heterocycles. The van der Waals surface area contributed by atoms with E-state index in [-0.39, 0.29) is 29.6 Å².